The van der Waals surface area contributed by atoms with Crippen LogP contribution in [0.2, 0.25) is 0 Å². The lowest BCUT2D eigenvalue weighted by Crippen LogP contribution is -2.32. The summed E-state index contributed by atoms with van der Waals surface area (Å²) in [5.41, 5.74) is 5.41. The molecule has 0 bridgehead atoms. The Kier molecular flexibility index (Phi) is 5.33. The number of oxime groups is 1. The van der Waals surface area contributed by atoms with Crippen LogP contribution in [0.5, 0.6) is 0 Å². The fourth-order valence-corrected chi connectivity index (χ4v) is 2.60. The van der Waals surface area contributed by atoms with Crippen LogP contribution in [0.25, 0.3) is 0 Å². The van der Waals surface area contributed by atoms with Crippen molar-refractivity contribution in [3.8, 4) is 0 Å². The van der Waals surface area contributed by atoms with Gasteiger partial charge in [-0.3, -0.25) is 0 Å². The van der Waals surface area contributed by atoms with Gasteiger partial charge in [0.2, 0.25) is 0 Å². The number of hydrogen-bond donors (Lipinski definition) is 1. The van der Waals surface area contributed by atoms with Crippen LogP contribution in [-0.4, -0.2) is 24.5 Å². The number of carbonyl (C=O) groups is 1. The first-order valence-electron chi connectivity index (χ1n) is 8.36. The van der Waals surface area contributed by atoms with E-state index in [-0.39, 0.29) is 12.7 Å². The molecule has 0 saturated heterocycles. The van der Waals surface area contributed by atoms with Crippen LogP contribution in [0.1, 0.15) is 28.7 Å². The number of aryl methyl sites for hydroxylation is 2. The van der Waals surface area contributed by atoms with Crippen molar-refractivity contribution >= 4 is 11.8 Å². The van der Waals surface area contributed by atoms with Gasteiger partial charge in [0.15, 0.2) is 6.10 Å². The van der Waals surface area contributed by atoms with E-state index in [2.05, 4.69) is 42.5 Å². The van der Waals surface area contributed by atoms with Crippen molar-refractivity contribution in [2.45, 2.75) is 33.0 Å². The van der Waals surface area contributed by atoms with Crippen LogP contribution in [-0.2, 0) is 16.2 Å². The highest BCUT2D eigenvalue weighted by atomic mass is 16.6. The fourth-order valence-electron chi connectivity index (χ4n) is 2.60. The van der Waals surface area contributed by atoms with Crippen LogP contribution >= 0.6 is 0 Å². The van der Waals surface area contributed by atoms with Crippen LogP contribution in [0, 0.1) is 13.8 Å². The van der Waals surface area contributed by atoms with E-state index in [1.165, 1.54) is 11.1 Å². The average Bonchev–Trinajstić information content (AvgIpc) is 3.10. The van der Waals surface area contributed by atoms with E-state index in [0.717, 1.165) is 16.8 Å². The zero-order valence-electron chi connectivity index (χ0n) is 14.5. The quantitative estimate of drug-likeness (QED) is 0.904. The SMILES string of the molecule is Cc1ccc(C2=NOC(CNC(=O)OCc3ccccc3)C2)cc1C. The molecular weight excluding hydrogens is 316 g/mol. The van der Waals surface area contributed by atoms with Gasteiger partial charge in [-0.2, -0.15) is 0 Å². The van der Waals surface area contributed by atoms with Crippen LogP contribution in [0.4, 0.5) is 4.79 Å². The smallest absolute Gasteiger partial charge is 0.407 e. The van der Waals surface area contributed by atoms with E-state index in [0.29, 0.717) is 13.0 Å². The molecule has 1 atom stereocenters. The van der Waals surface area contributed by atoms with Gasteiger partial charge in [-0.1, -0.05) is 47.6 Å². The van der Waals surface area contributed by atoms with Crippen molar-refractivity contribution in [3.63, 3.8) is 0 Å². The summed E-state index contributed by atoms with van der Waals surface area (Å²) >= 11 is 0. The molecule has 0 fully saturated rings. The van der Waals surface area contributed by atoms with Crippen molar-refractivity contribution in [1.82, 2.24) is 5.32 Å². The number of alkyl carbamates (subject to hydrolysis) is 1. The molecule has 2 aromatic rings. The second kappa shape index (κ2) is 7.83. The third kappa shape index (κ3) is 4.59. The molecular formula is C20H22N2O3. The van der Waals surface area contributed by atoms with Crippen molar-refractivity contribution in [2.75, 3.05) is 6.54 Å². The molecule has 5 nitrogen and oxygen atoms in total. The van der Waals surface area contributed by atoms with Gasteiger partial charge in [0.1, 0.15) is 6.61 Å². The van der Waals surface area contributed by atoms with E-state index in [1.807, 2.05) is 30.3 Å². The van der Waals surface area contributed by atoms with Gasteiger partial charge >= 0.3 is 6.09 Å². The normalized spacial score (nSPS) is 16.1. The number of ether oxygens (including phenoxy) is 1. The van der Waals surface area contributed by atoms with Crippen LogP contribution < -0.4 is 5.32 Å². The van der Waals surface area contributed by atoms with E-state index in [4.69, 9.17) is 9.57 Å². The minimum Gasteiger partial charge on any atom is -0.445 e. The zero-order valence-corrected chi connectivity index (χ0v) is 14.5. The summed E-state index contributed by atoms with van der Waals surface area (Å²) in [7, 11) is 0. The Balaban J connectivity index is 1.43. The second-order valence-corrected chi connectivity index (χ2v) is 6.21. The number of nitrogens with zero attached hydrogens (tertiary/aromatic N) is 1. The number of hydrogen-bond acceptors (Lipinski definition) is 4. The summed E-state index contributed by atoms with van der Waals surface area (Å²) in [6, 6.07) is 15.8. The predicted molar refractivity (Wildman–Crippen MR) is 96.6 cm³/mol. The molecule has 0 saturated carbocycles. The summed E-state index contributed by atoms with van der Waals surface area (Å²) in [5.74, 6) is 0. The molecule has 0 aliphatic carbocycles. The number of amides is 1. The Bertz CT molecular complexity index is 772. The molecule has 0 radical (unpaired) electrons. The zero-order chi connectivity index (χ0) is 17.6. The molecule has 0 spiro atoms. The van der Waals surface area contributed by atoms with Gasteiger partial charge < -0.3 is 14.9 Å². The number of carbonyl (C=O) groups excluding carboxylic acids is 1. The third-order valence-electron chi connectivity index (χ3n) is 4.26. The van der Waals surface area contributed by atoms with Gasteiger partial charge in [-0.05, 0) is 42.2 Å². The van der Waals surface area contributed by atoms with Gasteiger partial charge in [-0.15, -0.1) is 0 Å². The van der Waals surface area contributed by atoms with Crippen LogP contribution in [0.15, 0.2) is 53.7 Å². The molecule has 0 aromatic heterocycles. The summed E-state index contributed by atoms with van der Waals surface area (Å²) in [4.78, 5) is 17.2. The Morgan fingerprint density at radius 2 is 2.00 bits per heavy atom. The van der Waals surface area contributed by atoms with E-state index in [9.17, 15) is 4.79 Å². The lowest BCUT2D eigenvalue weighted by molar-refractivity contribution is 0.0797. The first kappa shape index (κ1) is 17.0. The highest BCUT2D eigenvalue weighted by Crippen LogP contribution is 2.18. The maximum absolute atomic E-state index is 11.8. The van der Waals surface area contributed by atoms with Crippen molar-refractivity contribution in [2.24, 2.45) is 5.16 Å². The summed E-state index contributed by atoms with van der Waals surface area (Å²) in [6.45, 7) is 4.78. The minimum atomic E-state index is -0.452. The lowest BCUT2D eigenvalue weighted by Gasteiger charge is -2.10. The molecule has 1 amide bonds. The minimum absolute atomic E-state index is 0.166. The topological polar surface area (TPSA) is 59.9 Å². The Labute approximate surface area is 147 Å². The van der Waals surface area contributed by atoms with Crippen molar-refractivity contribution in [1.29, 1.82) is 0 Å². The Morgan fingerprint density at radius 1 is 1.20 bits per heavy atom. The number of rotatable bonds is 5. The second-order valence-electron chi connectivity index (χ2n) is 6.21. The molecule has 25 heavy (non-hydrogen) atoms. The predicted octanol–water partition coefficient (Wildman–Crippen LogP) is 3.72. The molecule has 2 aromatic carbocycles. The Hall–Kier alpha value is -2.82. The monoisotopic (exact) mass is 338 g/mol. The summed E-state index contributed by atoms with van der Waals surface area (Å²) in [6.07, 6.45) is 0.0505. The third-order valence-corrected chi connectivity index (χ3v) is 4.26. The molecule has 3 rings (SSSR count). The molecule has 1 unspecified atom stereocenters. The number of nitrogens with one attached hydrogen (secondary N) is 1. The van der Waals surface area contributed by atoms with E-state index in [1.54, 1.807) is 0 Å². The lowest BCUT2D eigenvalue weighted by atomic mass is 10.0. The van der Waals surface area contributed by atoms with Gasteiger partial charge in [-0.25, -0.2) is 4.79 Å². The fraction of sp³-hybridized carbons (Fsp3) is 0.300. The standard InChI is InChI=1S/C20H22N2O3/c1-14-8-9-17(10-15(14)2)19-11-18(25-22-19)12-21-20(23)24-13-16-6-4-3-5-7-16/h3-10,18H,11-13H2,1-2H3,(H,21,23). The first-order chi connectivity index (χ1) is 12.1. The molecule has 1 N–H and O–H groups in total. The van der Waals surface area contributed by atoms with Crippen LogP contribution in [0.3, 0.4) is 0 Å². The van der Waals surface area contributed by atoms with Crippen molar-refractivity contribution in [3.05, 3.63) is 70.8 Å². The van der Waals surface area contributed by atoms with Crippen molar-refractivity contribution < 1.29 is 14.4 Å². The highest BCUT2D eigenvalue weighted by molar-refractivity contribution is 6.01. The summed E-state index contributed by atoms with van der Waals surface area (Å²) in [5, 5.41) is 6.88. The van der Waals surface area contributed by atoms with Gasteiger partial charge in [0, 0.05) is 6.42 Å². The maximum Gasteiger partial charge on any atom is 0.407 e. The van der Waals surface area contributed by atoms with Gasteiger partial charge in [0.05, 0.1) is 12.3 Å². The average molecular weight is 338 g/mol. The van der Waals surface area contributed by atoms with Gasteiger partial charge in [0.25, 0.3) is 0 Å². The highest BCUT2D eigenvalue weighted by Gasteiger charge is 2.23. The molecule has 1 aliphatic rings. The largest absolute Gasteiger partial charge is 0.445 e. The maximum atomic E-state index is 11.8. The van der Waals surface area contributed by atoms with E-state index < -0.39 is 6.09 Å². The molecule has 130 valence electrons. The molecule has 1 heterocycles. The molecule has 1 aliphatic heterocycles. The molecule has 5 heteroatoms. The summed E-state index contributed by atoms with van der Waals surface area (Å²) < 4.78 is 5.19. The first-order valence-corrected chi connectivity index (χ1v) is 8.36. The number of benzene rings is 2. The van der Waals surface area contributed by atoms with E-state index >= 15 is 0 Å². The Morgan fingerprint density at radius 3 is 2.76 bits per heavy atom.